The third-order valence-electron chi connectivity index (χ3n) is 1.99. The predicted molar refractivity (Wildman–Crippen MR) is 65.4 cm³/mol. The summed E-state index contributed by atoms with van der Waals surface area (Å²) in [7, 11) is 0. The fraction of sp³-hybridized carbons (Fsp3) is 0.500. The van der Waals surface area contributed by atoms with Gasteiger partial charge in [0, 0.05) is 24.9 Å². The fourth-order valence-corrected chi connectivity index (χ4v) is 2.07. The van der Waals surface area contributed by atoms with Crippen LogP contribution in [-0.4, -0.2) is 35.1 Å². The smallest absolute Gasteiger partial charge is 0.309 e. The molecule has 0 aliphatic carbocycles. The number of carboxylic acids is 1. The van der Waals surface area contributed by atoms with Crippen LogP contribution in [0.1, 0.15) is 17.5 Å². The highest BCUT2D eigenvalue weighted by atomic mass is 32.1. The first-order valence-electron chi connectivity index (χ1n) is 5.15. The molecule has 17 heavy (non-hydrogen) atoms. The van der Waals surface area contributed by atoms with Crippen molar-refractivity contribution in [2.24, 2.45) is 0 Å². The summed E-state index contributed by atoms with van der Waals surface area (Å²) in [5, 5.41) is 15.0. The second-order valence-electron chi connectivity index (χ2n) is 3.50. The molecule has 0 aliphatic rings. The minimum absolute atomic E-state index is 0.0598. The van der Waals surface area contributed by atoms with Crippen molar-refractivity contribution in [3.05, 3.63) is 10.6 Å². The van der Waals surface area contributed by atoms with E-state index < -0.39 is 5.97 Å². The van der Waals surface area contributed by atoms with Gasteiger partial charge in [-0.3, -0.25) is 9.59 Å². The summed E-state index contributed by atoms with van der Waals surface area (Å²) in [6, 6.07) is 0. The van der Waals surface area contributed by atoms with Crippen LogP contribution in [0.15, 0.2) is 0 Å². The van der Waals surface area contributed by atoms with Crippen molar-refractivity contribution in [1.29, 1.82) is 0 Å². The van der Waals surface area contributed by atoms with Gasteiger partial charge in [-0.25, -0.2) is 4.98 Å². The average molecular weight is 257 g/mol. The maximum Gasteiger partial charge on any atom is 0.309 e. The lowest BCUT2D eigenvalue weighted by Crippen LogP contribution is -2.26. The molecule has 3 N–H and O–H groups in total. The number of amides is 1. The Kier molecular flexibility index (Phi) is 4.89. The van der Waals surface area contributed by atoms with E-state index in [1.807, 2.05) is 6.92 Å². The standard InChI is InChI=1S/C10H15N3O3S/c1-6-8(5-9(15)16)13-10(17-6)12-4-3-11-7(2)14/h3-5H2,1-2H3,(H,11,14)(H,12,13)(H,15,16). The van der Waals surface area contributed by atoms with E-state index in [1.165, 1.54) is 18.3 Å². The number of aliphatic carboxylic acids is 1. The number of hydrogen-bond donors (Lipinski definition) is 3. The van der Waals surface area contributed by atoms with E-state index in [0.717, 1.165) is 4.88 Å². The molecule has 0 fully saturated rings. The quantitative estimate of drug-likeness (QED) is 0.650. The molecule has 1 aromatic heterocycles. The second kappa shape index (κ2) is 6.19. The van der Waals surface area contributed by atoms with Crippen molar-refractivity contribution >= 4 is 28.3 Å². The number of carbonyl (C=O) groups excluding carboxylic acids is 1. The number of nitrogens with one attached hydrogen (secondary N) is 2. The SMILES string of the molecule is CC(=O)NCCNc1nc(CC(=O)O)c(C)s1. The van der Waals surface area contributed by atoms with E-state index in [9.17, 15) is 9.59 Å². The summed E-state index contributed by atoms with van der Waals surface area (Å²) in [5.74, 6) is -0.961. The summed E-state index contributed by atoms with van der Waals surface area (Å²) in [5.41, 5.74) is 0.588. The van der Waals surface area contributed by atoms with Gasteiger partial charge < -0.3 is 15.7 Å². The fourth-order valence-electron chi connectivity index (χ4n) is 1.22. The molecule has 1 aromatic rings. The molecule has 0 unspecified atom stereocenters. The van der Waals surface area contributed by atoms with Crippen molar-refractivity contribution in [3.63, 3.8) is 0 Å². The highest BCUT2D eigenvalue weighted by molar-refractivity contribution is 7.15. The third kappa shape index (κ3) is 4.81. The number of carboxylic acid groups (broad SMARTS) is 1. The topological polar surface area (TPSA) is 91.3 Å². The molecule has 0 aliphatic heterocycles. The van der Waals surface area contributed by atoms with Gasteiger partial charge in [0.25, 0.3) is 0 Å². The predicted octanol–water partition coefficient (Wildman–Crippen LogP) is 0.627. The normalized spacial score (nSPS) is 10.0. The van der Waals surface area contributed by atoms with Crippen LogP contribution in [0.2, 0.25) is 0 Å². The van der Waals surface area contributed by atoms with Gasteiger partial charge in [-0.05, 0) is 6.92 Å². The van der Waals surface area contributed by atoms with Gasteiger partial charge in [0.15, 0.2) is 5.13 Å². The number of aromatic nitrogens is 1. The van der Waals surface area contributed by atoms with E-state index in [2.05, 4.69) is 15.6 Å². The molecule has 0 bridgehead atoms. The summed E-state index contributed by atoms with van der Waals surface area (Å²) < 4.78 is 0. The Morgan fingerprint density at radius 1 is 1.41 bits per heavy atom. The first-order valence-corrected chi connectivity index (χ1v) is 5.97. The van der Waals surface area contributed by atoms with Crippen LogP contribution in [0, 0.1) is 6.92 Å². The zero-order chi connectivity index (χ0) is 12.8. The van der Waals surface area contributed by atoms with Gasteiger partial charge >= 0.3 is 5.97 Å². The van der Waals surface area contributed by atoms with E-state index in [4.69, 9.17) is 5.11 Å². The van der Waals surface area contributed by atoms with Crippen LogP contribution in [0.5, 0.6) is 0 Å². The Labute approximate surface area is 103 Å². The Morgan fingerprint density at radius 2 is 2.12 bits per heavy atom. The van der Waals surface area contributed by atoms with Crippen LogP contribution in [-0.2, 0) is 16.0 Å². The maximum atomic E-state index is 10.6. The lowest BCUT2D eigenvalue weighted by atomic mass is 10.3. The van der Waals surface area contributed by atoms with Gasteiger partial charge in [-0.2, -0.15) is 0 Å². The van der Waals surface area contributed by atoms with Crippen LogP contribution in [0.25, 0.3) is 0 Å². The first-order chi connectivity index (χ1) is 7.99. The summed E-state index contributed by atoms with van der Waals surface area (Å²) in [6.07, 6.45) is -0.0598. The minimum Gasteiger partial charge on any atom is -0.481 e. The van der Waals surface area contributed by atoms with Crippen molar-refractivity contribution in [3.8, 4) is 0 Å². The van der Waals surface area contributed by atoms with Crippen LogP contribution in [0.3, 0.4) is 0 Å². The summed E-state index contributed by atoms with van der Waals surface area (Å²) in [6.45, 7) is 4.38. The van der Waals surface area contributed by atoms with E-state index in [-0.39, 0.29) is 12.3 Å². The molecule has 7 heteroatoms. The van der Waals surface area contributed by atoms with Gasteiger partial charge in [0.2, 0.25) is 5.91 Å². The molecule has 1 rings (SSSR count). The lowest BCUT2D eigenvalue weighted by Gasteiger charge is -2.02. The Morgan fingerprint density at radius 3 is 2.71 bits per heavy atom. The zero-order valence-corrected chi connectivity index (χ0v) is 10.6. The maximum absolute atomic E-state index is 10.6. The van der Waals surface area contributed by atoms with Crippen LogP contribution in [0.4, 0.5) is 5.13 Å². The van der Waals surface area contributed by atoms with Gasteiger partial charge in [0.05, 0.1) is 12.1 Å². The van der Waals surface area contributed by atoms with Crippen LogP contribution >= 0.6 is 11.3 Å². The molecule has 0 saturated carbocycles. The average Bonchev–Trinajstić information content (AvgIpc) is 2.53. The Balaban J connectivity index is 2.44. The molecule has 0 radical (unpaired) electrons. The number of thiazole rings is 1. The van der Waals surface area contributed by atoms with Crippen molar-refractivity contribution in [2.75, 3.05) is 18.4 Å². The van der Waals surface area contributed by atoms with Crippen molar-refractivity contribution in [2.45, 2.75) is 20.3 Å². The van der Waals surface area contributed by atoms with Crippen molar-refractivity contribution < 1.29 is 14.7 Å². The molecule has 1 heterocycles. The molecule has 94 valence electrons. The number of anilines is 1. The molecule has 6 nitrogen and oxygen atoms in total. The van der Waals surface area contributed by atoms with E-state index in [0.29, 0.717) is 23.9 Å². The summed E-state index contributed by atoms with van der Waals surface area (Å²) >= 11 is 1.42. The molecular weight excluding hydrogens is 242 g/mol. The highest BCUT2D eigenvalue weighted by Crippen LogP contribution is 2.22. The molecule has 0 spiro atoms. The molecule has 0 saturated heterocycles. The molecule has 0 aromatic carbocycles. The second-order valence-corrected chi connectivity index (χ2v) is 4.71. The van der Waals surface area contributed by atoms with E-state index in [1.54, 1.807) is 0 Å². The monoisotopic (exact) mass is 257 g/mol. The molecule has 1 amide bonds. The van der Waals surface area contributed by atoms with Crippen LogP contribution < -0.4 is 10.6 Å². The number of aryl methyl sites for hydroxylation is 1. The third-order valence-corrected chi connectivity index (χ3v) is 2.96. The lowest BCUT2D eigenvalue weighted by molar-refractivity contribution is -0.136. The first kappa shape index (κ1) is 13.4. The molecule has 0 atom stereocenters. The number of nitrogens with zero attached hydrogens (tertiary/aromatic N) is 1. The van der Waals surface area contributed by atoms with Gasteiger partial charge in [-0.1, -0.05) is 0 Å². The summed E-state index contributed by atoms with van der Waals surface area (Å²) in [4.78, 5) is 26.3. The number of carbonyl (C=O) groups is 2. The minimum atomic E-state index is -0.886. The number of hydrogen-bond acceptors (Lipinski definition) is 5. The Hall–Kier alpha value is -1.63. The highest BCUT2D eigenvalue weighted by Gasteiger charge is 2.10. The van der Waals surface area contributed by atoms with Gasteiger partial charge in [-0.15, -0.1) is 11.3 Å². The zero-order valence-electron chi connectivity index (χ0n) is 9.74. The molecular formula is C10H15N3O3S. The van der Waals surface area contributed by atoms with E-state index >= 15 is 0 Å². The van der Waals surface area contributed by atoms with Crippen molar-refractivity contribution in [1.82, 2.24) is 10.3 Å². The number of rotatable bonds is 6. The van der Waals surface area contributed by atoms with Gasteiger partial charge in [0.1, 0.15) is 0 Å². The Bertz CT molecular complexity index is 417. The largest absolute Gasteiger partial charge is 0.481 e.